The van der Waals surface area contributed by atoms with Gasteiger partial charge in [-0.3, -0.25) is 0 Å². The summed E-state index contributed by atoms with van der Waals surface area (Å²) in [6.45, 7) is 2.88. The van der Waals surface area contributed by atoms with E-state index in [0.717, 1.165) is 12.0 Å². The molecule has 0 aliphatic rings. The zero-order valence-electron chi connectivity index (χ0n) is 9.77. The average molecular weight is 225 g/mol. The van der Waals surface area contributed by atoms with E-state index in [-0.39, 0.29) is 6.54 Å². The summed E-state index contributed by atoms with van der Waals surface area (Å²) in [5.74, 6) is 1.32. The Balaban J connectivity index is 2.88. The van der Waals surface area contributed by atoms with Gasteiger partial charge in [0.15, 0.2) is 11.5 Å². The lowest BCUT2D eigenvalue weighted by atomic mass is 10.1. The van der Waals surface area contributed by atoms with Gasteiger partial charge in [-0.15, -0.1) is 0 Å². The SMILES string of the molecule is CCCOc1ccc(C(O)CN)cc1OC. The Labute approximate surface area is 96.0 Å². The number of benzene rings is 1. The number of ether oxygens (including phenoxy) is 2. The summed E-state index contributed by atoms with van der Waals surface area (Å²) in [4.78, 5) is 0. The molecule has 1 atom stereocenters. The van der Waals surface area contributed by atoms with E-state index in [0.29, 0.717) is 18.1 Å². The molecule has 0 aliphatic heterocycles. The first kappa shape index (κ1) is 12.8. The summed E-state index contributed by atoms with van der Waals surface area (Å²) < 4.78 is 10.7. The predicted molar refractivity (Wildman–Crippen MR) is 62.8 cm³/mol. The minimum absolute atomic E-state index is 0.193. The first-order valence-electron chi connectivity index (χ1n) is 5.41. The standard InChI is InChI=1S/C12H19NO3/c1-3-6-16-11-5-4-9(10(14)8-13)7-12(11)15-2/h4-5,7,10,14H,3,6,8,13H2,1-2H3. The van der Waals surface area contributed by atoms with Gasteiger partial charge >= 0.3 is 0 Å². The Hall–Kier alpha value is -1.26. The van der Waals surface area contributed by atoms with Crippen LogP contribution < -0.4 is 15.2 Å². The monoisotopic (exact) mass is 225 g/mol. The average Bonchev–Trinajstić information content (AvgIpc) is 2.35. The minimum Gasteiger partial charge on any atom is -0.493 e. The molecule has 0 aromatic heterocycles. The van der Waals surface area contributed by atoms with Crippen molar-refractivity contribution in [3.63, 3.8) is 0 Å². The first-order valence-corrected chi connectivity index (χ1v) is 5.41. The molecule has 3 N–H and O–H groups in total. The smallest absolute Gasteiger partial charge is 0.161 e. The molecule has 0 heterocycles. The third-order valence-corrected chi connectivity index (χ3v) is 2.26. The maximum absolute atomic E-state index is 9.59. The summed E-state index contributed by atoms with van der Waals surface area (Å²) in [5.41, 5.74) is 6.13. The molecule has 0 amide bonds. The second kappa shape index (κ2) is 6.35. The van der Waals surface area contributed by atoms with E-state index >= 15 is 0 Å². The van der Waals surface area contributed by atoms with Crippen LogP contribution in [0, 0.1) is 0 Å². The van der Waals surface area contributed by atoms with Gasteiger partial charge in [0, 0.05) is 6.54 Å². The number of methoxy groups -OCH3 is 1. The fourth-order valence-corrected chi connectivity index (χ4v) is 1.36. The fraction of sp³-hybridized carbons (Fsp3) is 0.500. The Bertz CT molecular complexity index is 328. The van der Waals surface area contributed by atoms with Crippen LogP contribution in [-0.2, 0) is 0 Å². The number of hydrogen-bond acceptors (Lipinski definition) is 4. The molecule has 1 rings (SSSR count). The van der Waals surface area contributed by atoms with Crippen LogP contribution in [0.5, 0.6) is 11.5 Å². The van der Waals surface area contributed by atoms with Crippen molar-refractivity contribution in [3.8, 4) is 11.5 Å². The molecule has 4 heteroatoms. The van der Waals surface area contributed by atoms with E-state index in [9.17, 15) is 5.11 Å². The van der Waals surface area contributed by atoms with Crippen molar-refractivity contribution in [2.45, 2.75) is 19.4 Å². The number of nitrogens with two attached hydrogens (primary N) is 1. The van der Waals surface area contributed by atoms with Crippen molar-refractivity contribution in [2.75, 3.05) is 20.3 Å². The highest BCUT2D eigenvalue weighted by molar-refractivity contribution is 5.43. The lowest BCUT2D eigenvalue weighted by Crippen LogP contribution is -2.11. The Morgan fingerprint density at radius 2 is 2.12 bits per heavy atom. The molecule has 1 aromatic rings. The first-order chi connectivity index (χ1) is 7.72. The van der Waals surface area contributed by atoms with E-state index in [1.807, 2.05) is 6.92 Å². The molecule has 90 valence electrons. The quantitative estimate of drug-likeness (QED) is 0.769. The molecule has 1 unspecified atom stereocenters. The van der Waals surface area contributed by atoms with Crippen LogP contribution >= 0.6 is 0 Å². The van der Waals surface area contributed by atoms with Gasteiger partial charge in [-0.25, -0.2) is 0 Å². The Kier molecular flexibility index (Phi) is 5.08. The molecule has 0 fully saturated rings. The third kappa shape index (κ3) is 3.12. The second-order valence-corrected chi connectivity index (χ2v) is 3.51. The number of aliphatic hydroxyl groups excluding tert-OH is 1. The molecule has 0 radical (unpaired) electrons. The zero-order chi connectivity index (χ0) is 12.0. The van der Waals surface area contributed by atoms with Crippen molar-refractivity contribution < 1.29 is 14.6 Å². The van der Waals surface area contributed by atoms with E-state index < -0.39 is 6.10 Å². The molecule has 1 aromatic carbocycles. The van der Waals surface area contributed by atoms with Crippen LogP contribution in [0.3, 0.4) is 0 Å². The highest BCUT2D eigenvalue weighted by Gasteiger charge is 2.10. The topological polar surface area (TPSA) is 64.7 Å². The van der Waals surface area contributed by atoms with Gasteiger partial charge in [-0.05, 0) is 24.1 Å². The van der Waals surface area contributed by atoms with Crippen LogP contribution in [0.15, 0.2) is 18.2 Å². The normalized spacial score (nSPS) is 12.2. The van der Waals surface area contributed by atoms with Gasteiger partial charge in [0.2, 0.25) is 0 Å². The van der Waals surface area contributed by atoms with E-state index in [1.165, 1.54) is 0 Å². The second-order valence-electron chi connectivity index (χ2n) is 3.51. The molecule has 0 spiro atoms. The molecule has 16 heavy (non-hydrogen) atoms. The van der Waals surface area contributed by atoms with Crippen molar-refractivity contribution in [2.24, 2.45) is 5.73 Å². The molecule has 0 aliphatic carbocycles. The highest BCUT2D eigenvalue weighted by atomic mass is 16.5. The van der Waals surface area contributed by atoms with Gasteiger partial charge in [0.05, 0.1) is 19.8 Å². The summed E-state index contributed by atoms with van der Waals surface area (Å²) in [7, 11) is 1.58. The number of aliphatic hydroxyl groups is 1. The summed E-state index contributed by atoms with van der Waals surface area (Å²) in [6, 6.07) is 5.34. The lowest BCUT2D eigenvalue weighted by molar-refractivity contribution is 0.186. The van der Waals surface area contributed by atoms with Gasteiger partial charge in [-0.2, -0.15) is 0 Å². The molecule has 4 nitrogen and oxygen atoms in total. The number of hydrogen-bond donors (Lipinski definition) is 2. The van der Waals surface area contributed by atoms with Crippen LogP contribution in [0.1, 0.15) is 25.0 Å². The maximum atomic E-state index is 9.59. The van der Waals surface area contributed by atoms with Gasteiger partial charge in [-0.1, -0.05) is 13.0 Å². The van der Waals surface area contributed by atoms with Crippen LogP contribution in [-0.4, -0.2) is 25.4 Å². The van der Waals surface area contributed by atoms with Crippen molar-refractivity contribution in [1.29, 1.82) is 0 Å². The fourth-order valence-electron chi connectivity index (χ4n) is 1.36. The third-order valence-electron chi connectivity index (χ3n) is 2.26. The van der Waals surface area contributed by atoms with Crippen molar-refractivity contribution >= 4 is 0 Å². The maximum Gasteiger partial charge on any atom is 0.161 e. The Morgan fingerprint density at radius 3 is 2.69 bits per heavy atom. The summed E-state index contributed by atoms with van der Waals surface area (Å²) >= 11 is 0. The molecule has 0 saturated heterocycles. The molecule has 0 bridgehead atoms. The van der Waals surface area contributed by atoms with Crippen molar-refractivity contribution in [1.82, 2.24) is 0 Å². The largest absolute Gasteiger partial charge is 0.493 e. The summed E-state index contributed by atoms with van der Waals surface area (Å²) in [5, 5.41) is 9.59. The van der Waals surface area contributed by atoms with Gasteiger partial charge < -0.3 is 20.3 Å². The lowest BCUT2D eigenvalue weighted by Gasteiger charge is -2.13. The van der Waals surface area contributed by atoms with Crippen LogP contribution in [0.25, 0.3) is 0 Å². The number of rotatable bonds is 6. The minimum atomic E-state index is -0.658. The zero-order valence-corrected chi connectivity index (χ0v) is 9.77. The van der Waals surface area contributed by atoms with Gasteiger partial charge in [0.1, 0.15) is 0 Å². The van der Waals surface area contributed by atoms with Crippen molar-refractivity contribution in [3.05, 3.63) is 23.8 Å². The van der Waals surface area contributed by atoms with E-state index in [2.05, 4.69) is 0 Å². The highest BCUT2D eigenvalue weighted by Crippen LogP contribution is 2.30. The van der Waals surface area contributed by atoms with Crippen LogP contribution in [0.4, 0.5) is 0 Å². The van der Waals surface area contributed by atoms with E-state index in [4.69, 9.17) is 15.2 Å². The predicted octanol–water partition coefficient (Wildman–Crippen LogP) is 1.48. The van der Waals surface area contributed by atoms with Crippen LogP contribution in [0.2, 0.25) is 0 Å². The van der Waals surface area contributed by atoms with E-state index in [1.54, 1.807) is 25.3 Å². The molecular weight excluding hydrogens is 206 g/mol. The molecule has 0 saturated carbocycles. The summed E-state index contributed by atoms with van der Waals surface area (Å²) in [6.07, 6.45) is 0.283. The Morgan fingerprint density at radius 1 is 1.38 bits per heavy atom. The molecular formula is C12H19NO3. The van der Waals surface area contributed by atoms with Gasteiger partial charge in [0.25, 0.3) is 0 Å².